The van der Waals surface area contributed by atoms with Gasteiger partial charge in [0.05, 0.1) is 0 Å². The molecule has 1 aromatic carbocycles. The Morgan fingerprint density at radius 3 is 3.00 bits per heavy atom. The molecule has 3 rings (SSSR count). The van der Waals surface area contributed by atoms with Gasteiger partial charge in [-0.25, -0.2) is 9.98 Å². The first-order chi connectivity index (χ1) is 9.65. The van der Waals surface area contributed by atoms with Crippen molar-refractivity contribution in [3.63, 3.8) is 0 Å². The smallest absolute Gasteiger partial charge is 0.277 e. The van der Waals surface area contributed by atoms with Crippen molar-refractivity contribution in [2.24, 2.45) is 10.7 Å². The lowest BCUT2D eigenvalue weighted by atomic mass is 10.2. The molecule has 0 radical (unpaired) electrons. The summed E-state index contributed by atoms with van der Waals surface area (Å²) >= 11 is 7.19. The second-order valence-electron chi connectivity index (χ2n) is 3.89. The number of nitrogens with one attached hydrogen (secondary N) is 1. The highest BCUT2D eigenvalue weighted by Crippen LogP contribution is 2.29. The molecule has 2 heterocycles. The Bertz CT molecular complexity index is 822. The lowest BCUT2D eigenvalue weighted by Gasteiger charge is -1.94. The first-order valence-electron chi connectivity index (χ1n) is 5.58. The number of primary amides is 1. The number of aromatic amines is 1. The van der Waals surface area contributed by atoms with Crippen molar-refractivity contribution in [1.29, 1.82) is 0 Å². The van der Waals surface area contributed by atoms with E-state index in [1.165, 1.54) is 0 Å². The molecule has 8 heteroatoms. The van der Waals surface area contributed by atoms with Gasteiger partial charge >= 0.3 is 0 Å². The summed E-state index contributed by atoms with van der Waals surface area (Å²) in [4.78, 5) is 19.4. The van der Waals surface area contributed by atoms with E-state index in [4.69, 9.17) is 17.3 Å². The van der Waals surface area contributed by atoms with Crippen LogP contribution in [0.5, 0.6) is 0 Å². The number of nitrogens with two attached hydrogens (primary N) is 1. The quantitative estimate of drug-likeness (QED) is 0.727. The average Bonchev–Trinajstić information content (AvgIpc) is 2.98. The molecule has 3 aromatic rings. The van der Waals surface area contributed by atoms with E-state index in [0.29, 0.717) is 21.2 Å². The molecule has 0 aliphatic rings. The largest absolute Gasteiger partial charge is 0.364 e. The molecule has 2 aromatic heterocycles. The Kier molecular flexibility index (Phi) is 3.21. The van der Waals surface area contributed by atoms with Gasteiger partial charge in [0.15, 0.2) is 16.5 Å². The number of thiazole rings is 1. The summed E-state index contributed by atoms with van der Waals surface area (Å²) in [6.07, 6.45) is 1.61. The van der Waals surface area contributed by atoms with Crippen LogP contribution in [0.15, 0.2) is 29.3 Å². The van der Waals surface area contributed by atoms with Gasteiger partial charge in [0.1, 0.15) is 4.70 Å². The van der Waals surface area contributed by atoms with Crippen LogP contribution in [0.25, 0.3) is 10.3 Å². The zero-order valence-corrected chi connectivity index (χ0v) is 11.6. The molecular formula is C12H8ClN5OS. The van der Waals surface area contributed by atoms with Crippen molar-refractivity contribution in [3.05, 3.63) is 39.9 Å². The van der Waals surface area contributed by atoms with Crippen LogP contribution in [0.1, 0.15) is 15.4 Å². The maximum Gasteiger partial charge on any atom is 0.277 e. The number of nitrogens with zero attached hydrogens (tertiary/aromatic N) is 3. The zero-order valence-electron chi connectivity index (χ0n) is 10.0. The molecule has 0 aliphatic heterocycles. The monoisotopic (exact) mass is 305 g/mol. The molecule has 0 saturated heterocycles. The Morgan fingerprint density at radius 1 is 1.45 bits per heavy atom. The van der Waals surface area contributed by atoms with Crippen LogP contribution in [0.3, 0.4) is 0 Å². The number of hydrogen-bond acceptors (Lipinski definition) is 5. The van der Waals surface area contributed by atoms with Gasteiger partial charge in [-0.3, -0.25) is 9.89 Å². The number of aliphatic imine (C=N–C) groups is 1. The number of carbonyl (C=O) groups excluding carboxylic acids is 1. The highest BCUT2D eigenvalue weighted by Gasteiger charge is 2.14. The Morgan fingerprint density at radius 2 is 2.25 bits per heavy atom. The minimum absolute atomic E-state index is 0.225. The summed E-state index contributed by atoms with van der Waals surface area (Å²) in [5, 5.41) is 7.57. The second kappa shape index (κ2) is 5.03. The molecule has 3 N–H and O–H groups in total. The molecule has 0 fully saturated rings. The van der Waals surface area contributed by atoms with Gasteiger partial charge in [0.25, 0.3) is 5.91 Å². The minimum Gasteiger partial charge on any atom is -0.364 e. The van der Waals surface area contributed by atoms with Gasteiger partial charge in [0, 0.05) is 16.8 Å². The van der Waals surface area contributed by atoms with Crippen LogP contribution in [0, 0.1) is 0 Å². The van der Waals surface area contributed by atoms with E-state index in [-0.39, 0.29) is 5.01 Å². The summed E-state index contributed by atoms with van der Waals surface area (Å²) in [5.74, 6) is -0.120. The molecule has 0 saturated carbocycles. The number of aromatic nitrogens is 3. The number of halogens is 1. The van der Waals surface area contributed by atoms with Crippen LogP contribution in [0.4, 0.5) is 5.82 Å². The van der Waals surface area contributed by atoms with Crippen LogP contribution in [-0.2, 0) is 0 Å². The summed E-state index contributed by atoms with van der Waals surface area (Å²) in [5.41, 5.74) is 6.47. The predicted octanol–water partition coefficient (Wildman–Crippen LogP) is 2.52. The van der Waals surface area contributed by atoms with Crippen molar-refractivity contribution in [2.75, 3.05) is 0 Å². The van der Waals surface area contributed by atoms with Gasteiger partial charge in [-0.1, -0.05) is 29.8 Å². The van der Waals surface area contributed by atoms with Gasteiger partial charge in [-0.2, -0.15) is 5.10 Å². The molecule has 20 heavy (non-hydrogen) atoms. The predicted molar refractivity (Wildman–Crippen MR) is 79.0 cm³/mol. The van der Waals surface area contributed by atoms with Crippen LogP contribution in [0.2, 0.25) is 5.02 Å². The van der Waals surface area contributed by atoms with Gasteiger partial charge in [-0.15, -0.1) is 11.3 Å². The van der Waals surface area contributed by atoms with E-state index in [1.54, 1.807) is 12.3 Å². The van der Waals surface area contributed by atoms with Gasteiger partial charge in [-0.05, 0) is 6.07 Å². The van der Waals surface area contributed by atoms with Crippen molar-refractivity contribution in [3.8, 4) is 0 Å². The molecule has 0 unspecified atom stereocenters. The van der Waals surface area contributed by atoms with Crippen LogP contribution < -0.4 is 5.73 Å². The summed E-state index contributed by atoms with van der Waals surface area (Å²) in [6, 6.07) is 7.33. The number of carbonyl (C=O) groups is 1. The molecule has 0 aliphatic carbocycles. The Hall–Kier alpha value is -2.25. The summed E-state index contributed by atoms with van der Waals surface area (Å²) in [7, 11) is 0. The molecule has 100 valence electrons. The van der Waals surface area contributed by atoms with E-state index in [1.807, 2.05) is 18.2 Å². The van der Waals surface area contributed by atoms with E-state index in [2.05, 4.69) is 20.2 Å². The number of fused-ring (bicyclic) bond motifs is 1. The average molecular weight is 306 g/mol. The fourth-order valence-corrected chi connectivity index (χ4v) is 2.60. The Labute approximate surface area is 122 Å². The van der Waals surface area contributed by atoms with Crippen LogP contribution >= 0.6 is 22.9 Å². The fraction of sp³-hybridized carbons (Fsp3) is 0. The second-order valence-corrected chi connectivity index (χ2v) is 5.29. The third-order valence-corrected chi connectivity index (χ3v) is 3.95. The molecule has 0 atom stereocenters. The lowest BCUT2D eigenvalue weighted by Crippen LogP contribution is -2.09. The van der Waals surface area contributed by atoms with E-state index in [9.17, 15) is 4.79 Å². The highest BCUT2D eigenvalue weighted by molar-refractivity contribution is 7.20. The van der Waals surface area contributed by atoms with Crippen molar-refractivity contribution in [2.45, 2.75) is 0 Å². The summed E-state index contributed by atoms with van der Waals surface area (Å²) in [6.45, 7) is 0. The normalized spacial score (nSPS) is 11.4. The zero-order chi connectivity index (χ0) is 14.1. The first kappa shape index (κ1) is 12.8. The molecule has 0 spiro atoms. The Balaban J connectivity index is 1.98. The SMILES string of the molecule is NC(=O)c1nc2[nH]nc(N=Cc3ccccc3Cl)c2s1. The molecule has 6 nitrogen and oxygen atoms in total. The number of H-pyrrole nitrogens is 1. The number of benzene rings is 1. The maximum atomic E-state index is 11.1. The summed E-state index contributed by atoms with van der Waals surface area (Å²) < 4.78 is 0.683. The van der Waals surface area contributed by atoms with Crippen molar-refractivity contribution in [1.82, 2.24) is 15.2 Å². The molecule has 1 amide bonds. The lowest BCUT2D eigenvalue weighted by molar-refractivity contribution is 0.1000. The third-order valence-electron chi connectivity index (χ3n) is 2.54. The molecular weight excluding hydrogens is 298 g/mol. The fourth-order valence-electron chi connectivity index (χ4n) is 1.61. The van der Waals surface area contributed by atoms with Crippen molar-refractivity contribution >= 4 is 51.2 Å². The molecule has 0 bridgehead atoms. The maximum absolute atomic E-state index is 11.1. The number of hydrogen-bond donors (Lipinski definition) is 2. The van der Waals surface area contributed by atoms with Gasteiger partial charge in [0.2, 0.25) is 0 Å². The van der Waals surface area contributed by atoms with Gasteiger partial charge < -0.3 is 5.73 Å². The standard InChI is InChI=1S/C12H8ClN5OS/c13-7-4-2-1-3-6(7)5-15-10-8-11(18-17-10)16-12(20-8)9(14)19/h1-5H,(H2,14,19)(H,17,18). The number of rotatable bonds is 3. The topological polar surface area (TPSA) is 97.0 Å². The third kappa shape index (κ3) is 2.28. The van der Waals surface area contributed by atoms with Crippen molar-refractivity contribution < 1.29 is 4.79 Å². The van der Waals surface area contributed by atoms with E-state index < -0.39 is 5.91 Å². The van der Waals surface area contributed by atoms with E-state index in [0.717, 1.165) is 16.9 Å². The minimum atomic E-state index is -0.569. The van der Waals surface area contributed by atoms with Crippen LogP contribution in [-0.4, -0.2) is 27.3 Å². The van der Waals surface area contributed by atoms with E-state index >= 15 is 0 Å². The number of amides is 1. The highest BCUT2D eigenvalue weighted by atomic mass is 35.5. The first-order valence-corrected chi connectivity index (χ1v) is 6.78.